The molecule has 2 aromatic rings. The number of benzene rings is 1. The summed E-state index contributed by atoms with van der Waals surface area (Å²) in [6.45, 7) is 4.68. The summed E-state index contributed by atoms with van der Waals surface area (Å²) >= 11 is 6.31. The smallest absolute Gasteiger partial charge is 0.328 e. The average Bonchev–Trinajstić information content (AvgIpc) is 2.95. The van der Waals surface area contributed by atoms with Gasteiger partial charge in [0.1, 0.15) is 5.82 Å². The topological polar surface area (TPSA) is 55.1 Å². The van der Waals surface area contributed by atoms with Gasteiger partial charge in [-0.15, -0.1) is 0 Å². The number of carboxylic acid groups (broad SMARTS) is 1. The van der Waals surface area contributed by atoms with Gasteiger partial charge in [-0.05, 0) is 30.0 Å². The third-order valence-electron chi connectivity index (χ3n) is 3.99. The van der Waals surface area contributed by atoms with E-state index in [1.54, 1.807) is 6.20 Å². The fourth-order valence-electron chi connectivity index (χ4n) is 2.68. The van der Waals surface area contributed by atoms with Crippen LogP contribution < -0.4 is 0 Å². The Labute approximate surface area is 147 Å². The summed E-state index contributed by atoms with van der Waals surface area (Å²) < 4.78 is 2.09. The maximum atomic E-state index is 11.1. The molecule has 0 saturated heterocycles. The van der Waals surface area contributed by atoms with Gasteiger partial charge in [0.25, 0.3) is 0 Å². The summed E-state index contributed by atoms with van der Waals surface area (Å²) in [5.41, 5.74) is 2.62. The largest absolute Gasteiger partial charge is 0.478 e. The second-order valence-corrected chi connectivity index (χ2v) is 6.11. The minimum absolute atomic E-state index is 0.588. The molecular weight excluding hydrogens is 324 g/mol. The van der Waals surface area contributed by atoms with Crippen LogP contribution in [0.2, 0.25) is 5.02 Å². The predicted octanol–water partition coefficient (Wildman–Crippen LogP) is 4.81. The van der Waals surface area contributed by atoms with E-state index < -0.39 is 5.97 Å². The highest BCUT2D eigenvalue weighted by molar-refractivity contribution is 6.31. The SMILES string of the molecule is CCCCc1ncc(/C(=C/C(=O)O)CC)n1Cc1ccccc1Cl. The molecular formula is C19H23ClN2O2. The number of aliphatic carboxylic acids is 1. The summed E-state index contributed by atoms with van der Waals surface area (Å²) in [5, 5.41) is 9.83. The van der Waals surface area contributed by atoms with E-state index in [2.05, 4.69) is 16.5 Å². The molecule has 1 N–H and O–H groups in total. The zero-order chi connectivity index (χ0) is 17.5. The van der Waals surface area contributed by atoms with Crippen LogP contribution in [0.5, 0.6) is 0 Å². The first-order valence-electron chi connectivity index (χ1n) is 8.28. The minimum atomic E-state index is -0.938. The van der Waals surface area contributed by atoms with Gasteiger partial charge in [0.05, 0.1) is 18.4 Å². The third kappa shape index (κ3) is 4.48. The summed E-state index contributed by atoms with van der Waals surface area (Å²) in [5.74, 6) is 0.0314. The fourth-order valence-corrected chi connectivity index (χ4v) is 2.88. The van der Waals surface area contributed by atoms with Gasteiger partial charge >= 0.3 is 5.97 Å². The number of hydrogen-bond acceptors (Lipinski definition) is 2. The molecule has 5 heteroatoms. The van der Waals surface area contributed by atoms with Gasteiger partial charge in [0.2, 0.25) is 0 Å². The molecule has 1 aromatic carbocycles. The Kier molecular flexibility index (Phi) is 6.62. The molecule has 0 fully saturated rings. The number of unbranched alkanes of at least 4 members (excludes halogenated alkanes) is 1. The maximum Gasteiger partial charge on any atom is 0.328 e. The van der Waals surface area contributed by atoms with Crippen LogP contribution in [0.1, 0.15) is 50.2 Å². The van der Waals surface area contributed by atoms with Crippen molar-refractivity contribution < 1.29 is 9.90 Å². The van der Waals surface area contributed by atoms with E-state index in [4.69, 9.17) is 16.7 Å². The third-order valence-corrected chi connectivity index (χ3v) is 4.35. The van der Waals surface area contributed by atoms with Gasteiger partial charge in [-0.3, -0.25) is 0 Å². The molecule has 0 bridgehead atoms. The van der Waals surface area contributed by atoms with E-state index in [0.717, 1.165) is 41.9 Å². The molecule has 24 heavy (non-hydrogen) atoms. The molecule has 1 aromatic heterocycles. The Hall–Kier alpha value is -2.07. The number of rotatable bonds is 8. The lowest BCUT2D eigenvalue weighted by Crippen LogP contribution is -2.09. The Morgan fingerprint density at radius 3 is 2.71 bits per heavy atom. The van der Waals surface area contributed by atoms with Gasteiger partial charge in [-0.1, -0.05) is 50.1 Å². The van der Waals surface area contributed by atoms with Crippen molar-refractivity contribution >= 4 is 23.1 Å². The first-order chi connectivity index (χ1) is 11.6. The monoisotopic (exact) mass is 346 g/mol. The van der Waals surface area contributed by atoms with Gasteiger partial charge in [-0.2, -0.15) is 0 Å². The van der Waals surface area contributed by atoms with Crippen LogP contribution >= 0.6 is 11.6 Å². The highest BCUT2D eigenvalue weighted by Gasteiger charge is 2.15. The first kappa shape index (κ1) is 18.3. The minimum Gasteiger partial charge on any atom is -0.478 e. The van der Waals surface area contributed by atoms with E-state index in [1.165, 1.54) is 6.08 Å². The number of aromatic nitrogens is 2. The van der Waals surface area contributed by atoms with Crippen molar-refractivity contribution in [2.24, 2.45) is 0 Å². The second-order valence-electron chi connectivity index (χ2n) is 5.70. The number of imidazole rings is 1. The van der Waals surface area contributed by atoms with E-state index in [9.17, 15) is 4.79 Å². The number of hydrogen-bond donors (Lipinski definition) is 1. The number of nitrogens with zero attached hydrogens (tertiary/aromatic N) is 2. The van der Waals surface area contributed by atoms with E-state index >= 15 is 0 Å². The summed E-state index contributed by atoms with van der Waals surface area (Å²) in [4.78, 5) is 15.7. The molecule has 4 nitrogen and oxygen atoms in total. The van der Waals surface area contributed by atoms with E-state index in [-0.39, 0.29) is 0 Å². The van der Waals surface area contributed by atoms with Gasteiger partial charge in [0, 0.05) is 17.5 Å². The van der Waals surface area contributed by atoms with Gasteiger partial charge in [-0.25, -0.2) is 9.78 Å². The molecule has 0 spiro atoms. The van der Waals surface area contributed by atoms with Crippen molar-refractivity contribution in [3.8, 4) is 0 Å². The molecule has 0 saturated carbocycles. The lowest BCUT2D eigenvalue weighted by Gasteiger charge is -2.14. The highest BCUT2D eigenvalue weighted by Crippen LogP contribution is 2.24. The summed E-state index contributed by atoms with van der Waals surface area (Å²) in [7, 11) is 0. The average molecular weight is 347 g/mol. The van der Waals surface area contributed by atoms with Crippen LogP contribution in [0.4, 0.5) is 0 Å². The lowest BCUT2D eigenvalue weighted by molar-refractivity contribution is -0.131. The number of carboxylic acids is 1. The zero-order valence-electron chi connectivity index (χ0n) is 14.1. The van der Waals surface area contributed by atoms with Crippen LogP contribution in [0.15, 0.2) is 36.5 Å². The van der Waals surface area contributed by atoms with Gasteiger partial charge in [0.15, 0.2) is 0 Å². The molecule has 0 aliphatic heterocycles. The second kappa shape index (κ2) is 8.69. The van der Waals surface area contributed by atoms with Crippen molar-refractivity contribution in [2.75, 3.05) is 0 Å². The molecule has 0 aliphatic rings. The molecule has 128 valence electrons. The zero-order valence-corrected chi connectivity index (χ0v) is 14.9. The molecule has 0 unspecified atom stereocenters. The molecule has 0 radical (unpaired) electrons. The van der Waals surface area contributed by atoms with Crippen molar-refractivity contribution in [2.45, 2.75) is 46.1 Å². The Morgan fingerprint density at radius 2 is 2.08 bits per heavy atom. The molecule has 1 heterocycles. The lowest BCUT2D eigenvalue weighted by atomic mass is 10.1. The quantitative estimate of drug-likeness (QED) is 0.698. The van der Waals surface area contributed by atoms with E-state index in [1.807, 2.05) is 31.2 Å². The van der Waals surface area contributed by atoms with Crippen molar-refractivity contribution in [3.05, 3.63) is 58.6 Å². The molecule has 2 rings (SSSR count). The molecule has 0 atom stereocenters. The summed E-state index contributed by atoms with van der Waals surface area (Å²) in [6, 6.07) is 7.72. The Morgan fingerprint density at radius 1 is 1.33 bits per heavy atom. The predicted molar refractivity (Wildman–Crippen MR) is 97.3 cm³/mol. The van der Waals surface area contributed by atoms with Gasteiger partial charge < -0.3 is 9.67 Å². The van der Waals surface area contributed by atoms with Crippen LogP contribution in [0, 0.1) is 0 Å². The van der Waals surface area contributed by atoms with Crippen LogP contribution in [0.25, 0.3) is 5.57 Å². The number of halogens is 1. The number of aryl methyl sites for hydroxylation is 1. The number of carbonyl (C=O) groups is 1. The first-order valence-corrected chi connectivity index (χ1v) is 8.66. The van der Waals surface area contributed by atoms with Crippen molar-refractivity contribution in [3.63, 3.8) is 0 Å². The van der Waals surface area contributed by atoms with Crippen LogP contribution in [-0.2, 0) is 17.8 Å². The van der Waals surface area contributed by atoms with E-state index in [0.29, 0.717) is 18.0 Å². The van der Waals surface area contributed by atoms with Crippen LogP contribution in [0.3, 0.4) is 0 Å². The Balaban J connectivity index is 2.46. The number of allylic oxidation sites excluding steroid dienone is 1. The Bertz CT molecular complexity index is 735. The normalized spacial score (nSPS) is 11.7. The fraction of sp³-hybridized carbons (Fsp3) is 0.368. The molecule has 0 amide bonds. The van der Waals surface area contributed by atoms with Crippen molar-refractivity contribution in [1.82, 2.24) is 9.55 Å². The highest BCUT2D eigenvalue weighted by atomic mass is 35.5. The molecule has 0 aliphatic carbocycles. The standard InChI is InChI=1S/C19H23ClN2O2/c1-3-5-10-18-21-12-17(14(4-2)11-19(23)24)22(18)13-15-8-6-7-9-16(15)20/h6-9,11-12H,3-5,10,13H2,1-2H3,(H,23,24)/b14-11+. The van der Waals surface area contributed by atoms with Crippen molar-refractivity contribution in [1.29, 1.82) is 0 Å². The summed E-state index contributed by atoms with van der Waals surface area (Å²) in [6.07, 6.45) is 6.67. The van der Waals surface area contributed by atoms with Crippen LogP contribution in [-0.4, -0.2) is 20.6 Å². The maximum absolute atomic E-state index is 11.1.